The summed E-state index contributed by atoms with van der Waals surface area (Å²) in [5.74, 6) is 0. The van der Waals surface area contributed by atoms with Gasteiger partial charge in [-0.15, -0.1) is 9.05 Å². The lowest BCUT2D eigenvalue weighted by Gasteiger charge is -2.53. The van der Waals surface area contributed by atoms with Crippen LogP contribution >= 0.6 is 0 Å². The summed E-state index contributed by atoms with van der Waals surface area (Å²) in [6, 6.07) is 0. The first-order valence-corrected chi connectivity index (χ1v) is 9.95. The summed E-state index contributed by atoms with van der Waals surface area (Å²) in [6.45, 7) is 1.73. The van der Waals surface area contributed by atoms with Gasteiger partial charge in [-0.25, -0.2) is 0 Å². The Bertz CT molecular complexity index is 173. The van der Waals surface area contributed by atoms with E-state index in [1.54, 1.807) is 6.92 Å². The van der Waals surface area contributed by atoms with Crippen LogP contribution < -0.4 is 46.4 Å². The molecule has 0 aromatic carbocycles. The first-order chi connectivity index (χ1) is 10.5. The lowest BCUT2D eigenvalue weighted by Crippen LogP contribution is -3.02. The summed E-state index contributed by atoms with van der Waals surface area (Å²) in [6.07, 6.45) is 0.543. The lowest BCUT2D eigenvalue weighted by molar-refractivity contribution is -0.836. The highest BCUT2D eigenvalue weighted by Crippen LogP contribution is 1.79. The second kappa shape index (κ2) is 29.0. The van der Waals surface area contributed by atoms with Gasteiger partial charge in [-0.1, -0.05) is 6.92 Å². The molecule has 25 heavy (non-hydrogen) atoms. The monoisotopic (exact) mass is 410 g/mol. The molecule has 10 heteroatoms. The Morgan fingerprint density at radius 3 is 0.800 bits per heavy atom. The predicted molar refractivity (Wildman–Crippen MR) is 96.9 cm³/mol. The molecule has 0 unspecified atom stereocenters. The Hall–Kier alpha value is 0.187. The number of quaternary nitrogens is 4. The minimum atomic E-state index is -4.93. The molecule has 0 saturated heterocycles. The van der Waals surface area contributed by atoms with Crippen LogP contribution in [0, 0.1) is 0 Å². The van der Waals surface area contributed by atoms with E-state index in [0.717, 1.165) is 0 Å². The molecule has 0 amide bonds. The Kier molecular flexibility index (Phi) is 46.4. The number of rotatable bonds is 3. The lowest BCUT2D eigenvalue weighted by atomic mass is 10.5. The third kappa shape index (κ3) is 443. The van der Waals surface area contributed by atoms with Crippen LogP contribution in [0.1, 0.15) is 13.3 Å². The summed E-state index contributed by atoms with van der Waals surface area (Å²) in [7, 11) is 20.1. The van der Waals surface area contributed by atoms with E-state index >= 15 is 0 Å². The van der Waals surface area contributed by atoms with Gasteiger partial charge in [0.15, 0.2) is 0 Å². The van der Waals surface area contributed by atoms with Gasteiger partial charge >= 0.3 is 0 Å². The van der Waals surface area contributed by atoms with Crippen molar-refractivity contribution in [1.82, 2.24) is 0 Å². The maximum absolute atomic E-state index is 9.67. The Labute approximate surface area is 164 Å². The fraction of sp³-hybridized carbons (Fsp3) is 1.00. The average Bonchev–Trinajstić information content (AvgIpc) is 2.21. The fourth-order valence-electron chi connectivity index (χ4n) is 0.227. The maximum atomic E-state index is 9.67. The molecule has 0 aromatic rings. The van der Waals surface area contributed by atoms with Gasteiger partial charge in [0, 0.05) is 6.61 Å². The van der Waals surface area contributed by atoms with E-state index in [-0.39, 0.29) is 19.0 Å². The van der Waals surface area contributed by atoms with E-state index in [2.05, 4.69) is 89.0 Å². The Morgan fingerprint density at radius 2 is 0.760 bits per heavy atom. The molecule has 0 aliphatic rings. The third-order valence-electron chi connectivity index (χ3n) is 0.483. The van der Waals surface area contributed by atoms with Crippen molar-refractivity contribution >= 4 is 9.05 Å². The molecule has 0 spiro atoms. The van der Waals surface area contributed by atoms with Crippen molar-refractivity contribution < 1.29 is 50.8 Å². The molecule has 0 rings (SSSR count). The van der Waals surface area contributed by atoms with Crippen LogP contribution in [0.2, 0.25) is 0 Å². The van der Waals surface area contributed by atoms with Gasteiger partial charge in [-0.05, 0) is 6.42 Å². The molecule has 0 aliphatic heterocycles. The van der Waals surface area contributed by atoms with Crippen LogP contribution in [0.25, 0.3) is 0 Å². The van der Waals surface area contributed by atoms with Crippen LogP contribution in [0.3, 0.4) is 0 Å². The molecule has 4 N–H and O–H groups in total. The van der Waals surface area contributed by atoms with Gasteiger partial charge < -0.3 is 50.8 Å². The average molecular weight is 411 g/mol. The van der Waals surface area contributed by atoms with Crippen molar-refractivity contribution in [2.45, 2.75) is 13.3 Å². The summed E-state index contributed by atoms with van der Waals surface area (Å²) < 4.78 is 3.85. The van der Waals surface area contributed by atoms with Gasteiger partial charge in [-0.2, -0.15) is 0 Å². The zero-order valence-electron chi connectivity index (χ0n) is 18.9. The van der Waals surface area contributed by atoms with E-state index in [1.807, 2.05) is 0 Å². The minimum absolute atomic E-state index is 0. The van der Waals surface area contributed by atoms with Gasteiger partial charge in [0.1, 0.15) is 0 Å². The van der Waals surface area contributed by atoms with Crippen LogP contribution in [0.5, 0.6) is 0 Å². The molecule has 0 saturated carbocycles. The third-order valence-corrected chi connectivity index (χ3v) is 1.04. The number of halogens is 1. The maximum Gasteiger partial charge on any atom is 0.0661 e. The van der Waals surface area contributed by atoms with Crippen molar-refractivity contribution in [1.29, 1.82) is 0 Å². The number of nitrogens with one attached hydrogen (secondary N) is 4. The van der Waals surface area contributed by atoms with Gasteiger partial charge in [0.2, 0.25) is 0 Å². The highest BCUT2D eigenvalue weighted by atomic mass is 35.5. The molecule has 162 valence electrons. The van der Waals surface area contributed by atoms with Gasteiger partial charge in [0.25, 0.3) is 0 Å². The van der Waals surface area contributed by atoms with Crippen molar-refractivity contribution in [3.05, 3.63) is 0 Å². The summed E-state index contributed by atoms with van der Waals surface area (Å²) in [5.41, 5.74) is 0. The number of hydrogen-bond donors (Lipinski definition) is 4. The van der Waals surface area contributed by atoms with Crippen molar-refractivity contribution in [2.24, 2.45) is 0 Å². The molecule has 0 aromatic heterocycles. The van der Waals surface area contributed by atoms with Crippen LogP contribution in [-0.2, 0) is 4.43 Å². The van der Waals surface area contributed by atoms with Crippen LogP contribution in [-0.4, -0.2) is 100 Å². The minimum Gasteiger partial charge on any atom is -1.00 e. The SMILES string of the molecule is CCCO[Si]([O-])([O-])[O-].C[NH+](C)C.C[NH+](C)C.C[NH+](C)C.C[NH+](C)C.[Cl-]. The number of hydrogen-bond acceptors (Lipinski definition) is 4. The summed E-state index contributed by atoms with van der Waals surface area (Å²) in [5, 5.41) is 0. The van der Waals surface area contributed by atoms with Crippen molar-refractivity contribution in [2.75, 3.05) is 91.2 Å². The van der Waals surface area contributed by atoms with Crippen LogP contribution in [0.4, 0.5) is 0 Å². The first-order valence-electron chi connectivity index (χ1n) is 8.31. The first kappa shape index (κ1) is 40.0. The van der Waals surface area contributed by atoms with Gasteiger partial charge in [0.05, 0.1) is 84.6 Å². The second-order valence-electron chi connectivity index (χ2n) is 7.35. The van der Waals surface area contributed by atoms with E-state index in [9.17, 15) is 14.4 Å². The molecule has 0 radical (unpaired) electrons. The fourth-order valence-corrected chi connectivity index (χ4v) is 0.681. The molecular formula is C15H47ClN4O4Si. The molecule has 0 bridgehead atoms. The topological polar surface area (TPSA) is 96.2 Å². The zero-order valence-corrected chi connectivity index (χ0v) is 20.7. The van der Waals surface area contributed by atoms with Gasteiger partial charge in [-0.3, -0.25) is 0 Å². The van der Waals surface area contributed by atoms with E-state index in [1.165, 1.54) is 19.6 Å². The highest BCUT2D eigenvalue weighted by Gasteiger charge is 1.80. The zero-order chi connectivity index (χ0) is 20.9. The van der Waals surface area contributed by atoms with Crippen molar-refractivity contribution in [3.63, 3.8) is 0 Å². The second-order valence-corrected chi connectivity index (χ2v) is 8.64. The standard InChI is InChI=1S/4C3H9N.C3H7O4Si.ClH/c4*1-4(2)3;1-2-3-7-8(4,5)6;/h4*1-3H3;2-3H2,1H3;1H/q;;;;-3;/p+3. The normalized spacial score (nSPS) is 9.60. The van der Waals surface area contributed by atoms with E-state index in [4.69, 9.17) is 0 Å². The van der Waals surface area contributed by atoms with E-state index in [0.29, 0.717) is 6.42 Å². The summed E-state index contributed by atoms with van der Waals surface area (Å²) >= 11 is 0. The quantitative estimate of drug-likeness (QED) is 0.347. The molecule has 0 atom stereocenters. The molecule has 8 nitrogen and oxygen atoms in total. The van der Waals surface area contributed by atoms with Crippen molar-refractivity contribution in [3.8, 4) is 0 Å². The summed E-state index contributed by atoms with van der Waals surface area (Å²) in [4.78, 5) is 34.7. The smallest absolute Gasteiger partial charge is 0.0661 e. The molecule has 0 heterocycles. The Morgan fingerprint density at radius 1 is 0.600 bits per heavy atom. The molecule has 0 aliphatic carbocycles. The largest absolute Gasteiger partial charge is 1.00 e. The predicted octanol–water partition coefficient (Wildman–Crippen LogP) is -11.0. The molecule has 0 fully saturated rings. The Balaban J connectivity index is -0.0000000467. The van der Waals surface area contributed by atoms with Crippen LogP contribution in [0.15, 0.2) is 0 Å². The molecular weight excluding hydrogens is 364 g/mol. The van der Waals surface area contributed by atoms with E-state index < -0.39 is 9.05 Å². The highest BCUT2D eigenvalue weighted by molar-refractivity contribution is 6.42.